The van der Waals surface area contributed by atoms with Crippen LogP contribution in [-0.2, 0) is 0 Å². The van der Waals surface area contributed by atoms with Crippen molar-refractivity contribution in [1.29, 1.82) is 0 Å². The number of anilines is 1. The highest BCUT2D eigenvalue weighted by Crippen LogP contribution is 2.28. The Morgan fingerprint density at radius 2 is 2.06 bits per heavy atom. The van der Waals surface area contributed by atoms with Crippen LogP contribution in [0.3, 0.4) is 0 Å². The maximum Gasteiger partial charge on any atom is 0.146 e. The molecule has 1 unspecified atom stereocenters. The first-order chi connectivity index (χ1) is 8.06. The van der Waals surface area contributed by atoms with E-state index in [-0.39, 0.29) is 11.9 Å². The molecule has 0 aliphatic carbocycles. The Balaban J connectivity index is 2.18. The van der Waals surface area contributed by atoms with Crippen LogP contribution in [0.2, 0.25) is 9.36 Å². The molecule has 0 fully saturated rings. The van der Waals surface area contributed by atoms with E-state index in [4.69, 9.17) is 23.2 Å². The zero-order valence-corrected chi connectivity index (χ0v) is 11.3. The maximum atomic E-state index is 13.5. The molecule has 2 rings (SSSR count). The predicted molar refractivity (Wildman–Crippen MR) is 72.8 cm³/mol. The molecule has 2 aromatic rings. The van der Waals surface area contributed by atoms with Crippen molar-refractivity contribution in [2.24, 2.45) is 0 Å². The lowest BCUT2D eigenvalue weighted by Crippen LogP contribution is -2.06. The Kier molecular flexibility index (Phi) is 3.92. The van der Waals surface area contributed by atoms with Gasteiger partial charge >= 0.3 is 0 Å². The monoisotopic (exact) mass is 289 g/mol. The molecule has 0 bridgehead atoms. The summed E-state index contributed by atoms with van der Waals surface area (Å²) in [5.41, 5.74) is 1.42. The lowest BCUT2D eigenvalue weighted by molar-refractivity contribution is 0.627. The first-order valence-corrected chi connectivity index (χ1v) is 6.65. The molecule has 0 saturated heterocycles. The number of thiophene rings is 1. The van der Waals surface area contributed by atoms with Gasteiger partial charge in [-0.2, -0.15) is 0 Å². The van der Waals surface area contributed by atoms with E-state index in [1.54, 1.807) is 6.07 Å². The van der Waals surface area contributed by atoms with E-state index in [1.807, 2.05) is 18.4 Å². The van der Waals surface area contributed by atoms with E-state index < -0.39 is 0 Å². The van der Waals surface area contributed by atoms with E-state index in [0.717, 1.165) is 9.90 Å². The third kappa shape index (κ3) is 3.12. The van der Waals surface area contributed by atoms with Crippen LogP contribution in [-0.4, -0.2) is 0 Å². The van der Waals surface area contributed by atoms with Gasteiger partial charge in [-0.25, -0.2) is 4.39 Å². The molecule has 0 saturated carbocycles. The van der Waals surface area contributed by atoms with Crippen molar-refractivity contribution >= 4 is 40.2 Å². The standard InChI is InChI=1S/C12H10Cl2FNS/c1-7(8-4-12(14)17-6-8)16-11-5-9(13)2-3-10(11)15/h2-7,16H,1H3. The normalized spacial score (nSPS) is 12.5. The Labute approximate surface area is 113 Å². The van der Waals surface area contributed by atoms with Crippen LogP contribution in [0.5, 0.6) is 0 Å². The van der Waals surface area contributed by atoms with Crippen LogP contribution in [0.25, 0.3) is 0 Å². The average molecular weight is 290 g/mol. The summed E-state index contributed by atoms with van der Waals surface area (Å²) in [6.07, 6.45) is 0. The van der Waals surface area contributed by atoms with Gasteiger partial charge in [0.2, 0.25) is 0 Å². The smallest absolute Gasteiger partial charge is 0.146 e. The highest BCUT2D eigenvalue weighted by atomic mass is 35.5. The van der Waals surface area contributed by atoms with Crippen LogP contribution in [0.4, 0.5) is 10.1 Å². The van der Waals surface area contributed by atoms with Crippen molar-refractivity contribution in [2.45, 2.75) is 13.0 Å². The van der Waals surface area contributed by atoms with Gasteiger partial charge in [-0.15, -0.1) is 11.3 Å². The Morgan fingerprint density at radius 3 is 2.71 bits per heavy atom. The third-order valence-corrected chi connectivity index (χ3v) is 3.73. The summed E-state index contributed by atoms with van der Waals surface area (Å²) < 4.78 is 14.2. The SMILES string of the molecule is CC(Nc1cc(Cl)ccc1F)c1csc(Cl)c1. The highest BCUT2D eigenvalue weighted by molar-refractivity contribution is 7.14. The van der Waals surface area contributed by atoms with E-state index in [0.29, 0.717) is 10.7 Å². The molecule has 0 radical (unpaired) electrons. The molecule has 0 amide bonds. The first-order valence-electron chi connectivity index (χ1n) is 5.02. The number of benzene rings is 1. The van der Waals surface area contributed by atoms with Crippen molar-refractivity contribution in [3.05, 3.63) is 50.4 Å². The zero-order chi connectivity index (χ0) is 12.4. The number of hydrogen-bond acceptors (Lipinski definition) is 2. The number of hydrogen-bond donors (Lipinski definition) is 1. The number of halogens is 3. The molecular formula is C12H10Cl2FNS. The Hall–Kier alpha value is -0.770. The van der Waals surface area contributed by atoms with Gasteiger partial charge in [0.15, 0.2) is 0 Å². The van der Waals surface area contributed by atoms with Gasteiger partial charge in [-0.1, -0.05) is 23.2 Å². The predicted octanol–water partition coefficient (Wildman–Crippen LogP) is 5.37. The molecule has 5 heteroatoms. The summed E-state index contributed by atoms with van der Waals surface area (Å²) in [6.45, 7) is 1.94. The Bertz CT molecular complexity index is 527. The third-order valence-electron chi connectivity index (χ3n) is 2.39. The van der Waals surface area contributed by atoms with Gasteiger partial charge in [-0.05, 0) is 42.1 Å². The van der Waals surface area contributed by atoms with Crippen molar-refractivity contribution in [3.63, 3.8) is 0 Å². The lowest BCUT2D eigenvalue weighted by Gasteiger charge is -2.14. The van der Waals surface area contributed by atoms with Crippen LogP contribution in [0.15, 0.2) is 29.6 Å². The highest BCUT2D eigenvalue weighted by Gasteiger charge is 2.10. The molecule has 17 heavy (non-hydrogen) atoms. The molecule has 1 atom stereocenters. The van der Waals surface area contributed by atoms with Crippen molar-refractivity contribution in [2.75, 3.05) is 5.32 Å². The fraction of sp³-hybridized carbons (Fsp3) is 0.167. The van der Waals surface area contributed by atoms with E-state index in [1.165, 1.54) is 23.5 Å². The fourth-order valence-electron chi connectivity index (χ4n) is 1.48. The maximum absolute atomic E-state index is 13.5. The van der Waals surface area contributed by atoms with Crippen LogP contribution >= 0.6 is 34.5 Å². The van der Waals surface area contributed by atoms with Gasteiger partial charge in [-0.3, -0.25) is 0 Å². The number of nitrogens with one attached hydrogen (secondary N) is 1. The second-order valence-corrected chi connectivity index (χ2v) is 5.65. The topological polar surface area (TPSA) is 12.0 Å². The molecule has 1 aromatic heterocycles. The zero-order valence-electron chi connectivity index (χ0n) is 9.01. The van der Waals surface area contributed by atoms with E-state index in [9.17, 15) is 4.39 Å². The molecule has 1 N–H and O–H groups in total. The molecule has 90 valence electrons. The van der Waals surface area contributed by atoms with Gasteiger partial charge in [0, 0.05) is 11.1 Å². The minimum absolute atomic E-state index is 0.0216. The first kappa shape index (κ1) is 12.7. The fourth-order valence-corrected chi connectivity index (χ4v) is 2.63. The average Bonchev–Trinajstić information content (AvgIpc) is 2.70. The molecule has 0 aliphatic rings. The summed E-state index contributed by atoms with van der Waals surface area (Å²) in [4.78, 5) is 0. The molecule has 1 nitrogen and oxygen atoms in total. The molecule has 0 spiro atoms. The summed E-state index contributed by atoms with van der Waals surface area (Å²) in [5.74, 6) is -0.317. The lowest BCUT2D eigenvalue weighted by atomic mass is 10.1. The quantitative estimate of drug-likeness (QED) is 0.801. The minimum Gasteiger partial charge on any atom is -0.376 e. The minimum atomic E-state index is -0.317. The summed E-state index contributed by atoms with van der Waals surface area (Å²) in [7, 11) is 0. The van der Waals surface area contributed by atoms with Gasteiger partial charge in [0.1, 0.15) is 5.82 Å². The largest absolute Gasteiger partial charge is 0.376 e. The van der Waals surface area contributed by atoms with E-state index in [2.05, 4.69) is 5.32 Å². The summed E-state index contributed by atoms with van der Waals surface area (Å²) in [6, 6.07) is 6.28. The molecule has 1 heterocycles. The second-order valence-electron chi connectivity index (χ2n) is 3.67. The van der Waals surface area contributed by atoms with Crippen LogP contribution in [0.1, 0.15) is 18.5 Å². The van der Waals surface area contributed by atoms with Gasteiger partial charge < -0.3 is 5.32 Å². The molecular weight excluding hydrogens is 280 g/mol. The van der Waals surface area contributed by atoms with E-state index >= 15 is 0 Å². The van der Waals surface area contributed by atoms with Gasteiger partial charge in [0.25, 0.3) is 0 Å². The Morgan fingerprint density at radius 1 is 1.29 bits per heavy atom. The molecule has 1 aromatic carbocycles. The van der Waals surface area contributed by atoms with Crippen LogP contribution < -0.4 is 5.32 Å². The van der Waals surface area contributed by atoms with Crippen LogP contribution in [0, 0.1) is 5.82 Å². The van der Waals surface area contributed by atoms with Crippen molar-refractivity contribution < 1.29 is 4.39 Å². The molecule has 0 aliphatic heterocycles. The van der Waals surface area contributed by atoms with Crippen molar-refractivity contribution in [1.82, 2.24) is 0 Å². The second kappa shape index (κ2) is 5.25. The van der Waals surface area contributed by atoms with Crippen molar-refractivity contribution in [3.8, 4) is 0 Å². The van der Waals surface area contributed by atoms with Gasteiger partial charge in [0.05, 0.1) is 10.0 Å². The summed E-state index contributed by atoms with van der Waals surface area (Å²) >= 11 is 13.1. The summed E-state index contributed by atoms with van der Waals surface area (Å²) in [5, 5.41) is 5.52. The number of rotatable bonds is 3.